The van der Waals surface area contributed by atoms with Gasteiger partial charge < -0.3 is 19.2 Å². The van der Waals surface area contributed by atoms with E-state index in [1.807, 2.05) is 0 Å². The number of anilines is 1. The molecule has 150 valence electrons. The van der Waals surface area contributed by atoms with Crippen molar-refractivity contribution < 1.29 is 18.7 Å². The quantitative estimate of drug-likeness (QED) is 0.547. The van der Waals surface area contributed by atoms with Gasteiger partial charge in [-0.2, -0.15) is 0 Å². The number of ether oxygens (including phenoxy) is 2. The van der Waals surface area contributed by atoms with Crippen molar-refractivity contribution >= 4 is 23.4 Å². The van der Waals surface area contributed by atoms with Gasteiger partial charge in [0.1, 0.15) is 19.8 Å². The first-order valence-corrected chi connectivity index (χ1v) is 9.50. The number of rotatable bonds is 6. The van der Waals surface area contributed by atoms with E-state index in [4.69, 9.17) is 13.9 Å². The van der Waals surface area contributed by atoms with E-state index in [1.54, 1.807) is 18.2 Å². The van der Waals surface area contributed by atoms with Crippen LogP contribution in [0, 0.1) is 0 Å². The number of fused-ring (bicyclic) bond motifs is 1. The van der Waals surface area contributed by atoms with Gasteiger partial charge in [0.25, 0.3) is 10.8 Å². The number of thioether (sulfide) groups is 1. The second-order valence-electron chi connectivity index (χ2n) is 5.90. The molecule has 0 spiro atoms. The zero-order valence-electron chi connectivity index (χ0n) is 14.9. The van der Waals surface area contributed by atoms with Crippen LogP contribution in [0.25, 0.3) is 0 Å². The number of aromatic nitrogens is 4. The molecular formula is C17H15N5O6S. The van der Waals surface area contributed by atoms with E-state index < -0.39 is 11.2 Å². The van der Waals surface area contributed by atoms with Gasteiger partial charge in [-0.3, -0.25) is 19.1 Å². The van der Waals surface area contributed by atoms with Crippen molar-refractivity contribution in [3.8, 4) is 11.5 Å². The standard InChI is InChI=1S/C17H15N5O6S/c23-13-3-4-22(16(25)19-13)8-15-20-21-17(28-15)29-9-14(24)18-10-1-2-11-12(7-10)27-6-5-26-11/h1-4,7H,5-6,8-9H2,(H,18,24)(H,19,23,25). The Balaban J connectivity index is 1.32. The van der Waals surface area contributed by atoms with Gasteiger partial charge >= 0.3 is 5.69 Å². The zero-order chi connectivity index (χ0) is 20.2. The third-order valence-corrected chi connectivity index (χ3v) is 4.62. The van der Waals surface area contributed by atoms with Gasteiger partial charge in [-0.1, -0.05) is 11.8 Å². The Kier molecular flexibility index (Phi) is 5.33. The largest absolute Gasteiger partial charge is 0.486 e. The highest BCUT2D eigenvalue weighted by molar-refractivity contribution is 7.99. The first-order valence-electron chi connectivity index (χ1n) is 8.51. The maximum absolute atomic E-state index is 12.2. The molecule has 0 atom stereocenters. The van der Waals surface area contributed by atoms with E-state index in [9.17, 15) is 14.4 Å². The molecule has 1 amide bonds. The molecule has 3 heterocycles. The summed E-state index contributed by atoms with van der Waals surface area (Å²) < 4.78 is 17.6. The molecule has 29 heavy (non-hydrogen) atoms. The molecule has 0 fully saturated rings. The first kappa shape index (κ1) is 18.8. The Morgan fingerprint density at radius 2 is 2.00 bits per heavy atom. The van der Waals surface area contributed by atoms with E-state index in [0.717, 1.165) is 11.8 Å². The molecule has 4 rings (SSSR count). The summed E-state index contributed by atoms with van der Waals surface area (Å²) in [5.74, 6) is 1.19. The number of carbonyl (C=O) groups is 1. The monoisotopic (exact) mass is 417 g/mol. The maximum atomic E-state index is 12.2. The van der Waals surface area contributed by atoms with Crippen LogP contribution in [0.4, 0.5) is 5.69 Å². The van der Waals surface area contributed by atoms with Crippen molar-refractivity contribution in [2.24, 2.45) is 0 Å². The van der Waals surface area contributed by atoms with Crippen molar-refractivity contribution in [1.29, 1.82) is 0 Å². The highest BCUT2D eigenvalue weighted by Gasteiger charge is 2.14. The number of aromatic amines is 1. The van der Waals surface area contributed by atoms with Crippen LogP contribution in [0.1, 0.15) is 5.89 Å². The summed E-state index contributed by atoms with van der Waals surface area (Å²) in [5, 5.41) is 10.6. The van der Waals surface area contributed by atoms with E-state index in [0.29, 0.717) is 30.4 Å². The van der Waals surface area contributed by atoms with Gasteiger partial charge in [-0.15, -0.1) is 10.2 Å². The third kappa shape index (κ3) is 4.66. The summed E-state index contributed by atoms with van der Waals surface area (Å²) in [6, 6.07) is 6.38. The normalized spacial score (nSPS) is 12.6. The Morgan fingerprint density at radius 1 is 1.17 bits per heavy atom. The molecule has 2 N–H and O–H groups in total. The van der Waals surface area contributed by atoms with Crippen molar-refractivity contribution in [1.82, 2.24) is 19.7 Å². The Labute approximate surface area is 167 Å². The second-order valence-corrected chi connectivity index (χ2v) is 6.82. The van der Waals surface area contributed by atoms with Gasteiger partial charge in [0, 0.05) is 24.0 Å². The molecule has 0 bridgehead atoms. The van der Waals surface area contributed by atoms with Crippen molar-refractivity contribution in [2.45, 2.75) is 11.8 Å². The van der Waals surface area contributed by atoms with Crippen LogP contribution in [0.3, 0.4) is 0 Å². The molecule has 3 aromatic rings. The molecule has 0 saturated carbocycles. The minimum atomic E-state index is -0.580. The fourth-order valence-electron chi connectivity index (χ4n) is 2.52. The van der Waals surface area contributed by atoms with Gasteiger partial charge in [0.15, 0.2) is 11.5 Å². The van der Waals surface area contributed by atoms with E-state index in [2.05, 4.69) is 20.5 Å². The van der Waals surface area contributed by atoms with E-state index in [-0.39, 0.29) is 29.3 Å². The average molecular weight is 417 g/mol. The van der Waals surface area contributed by atoms with Crippen molar-refractivity contribution in [3.63, 3.8) is 0 Å². The van der Waals surface area contributed by atoms with E-state index in [1.165, 1.54) is 16.8 Å². The average Bonchev–Trinajstić information content (AvgIpc) is 3.16. The summed E-state index contributed by atoms with van der Waals surface area (Å²) in [6.07, 6.45) is 1.33. The molecule has 12 heteroatoms. The summed E-state index contributed by atoms with van der Waals surface area (Å²) >= 11 is 1.06. The molecule has 11 nitrogen and oxygen atoms in total. The minimum Gasteiger partial charge on any atom is -0.486 e. The highest BCUT2D eigenvalue weighted by atomic mass is 32.2. The number of benzene rings is 1. The lowest BCUT2D eigenvalue weighted by Crippen LogP contribution is -2.28. The molecule has 0 unspecified atom stereocenters. The van der Waals surface area contributed by atoms with Gasteiger partial charge in [0.05, 0.1) is 5.75 Å². The van der Waals surface area contributed by atoms with Crippen LogP contribution in [-0.2, 0) is 11.3 Å². The summed E-state index contributed by atoms with van der Waals surface area (Å²) in [5.41, 5.74) is -0.482. The number of nitrogens with zero attached hydrogens (tertiary/aromatic N) is 3. The fraction of sp³-hybridized carbons (Fsp3) is 0.235. The smallest absolute Gasteiger partial charge is 0.328 e. The zero-order valence-corrected chi connectivity index (χ0v) is 15.7. The summed E-state index contributed by atoms with van der Waals surface area (Å²) in [7, 11) is 0. The predicted molar refractivity (Wildman–Crippen MR) is 102 cm³/mol. The van der Waals surface area contributed by atoms with Crippen LogP contribution in [-0.4, -0.2) is 44.6 Å². The number of amides is 1. The van der Waals surface area contributed by atoms with Gasteiger partial charge in [-0.25, -0.2) is 4.79 Å². The molecule has 0 aliphatic carbocycles. The van der Waals surface area contributed by atoms with Gasteiger partial charge in [0.2, 0.25) is 11.8 Å². The lowest BCUT2D eigenvalue weighted by molar-refractivity contribution is -0.113. The Morgan fingerprint density at radius 3 is 2.83 bits per heavy atom. The summed E-state index contributed by atoms with van der Waals surface area (Å²) in [4.78, 5) is 37.0. The predicted octanol–water partition coefficient (Wildman–Crippen LogP) is 0.470. The van der Waals surface area contributed by atoms with Gasteiger partial charge in [-0.05, 0) is 12.1 Å². The number of carbonyl (C=O) groups excluding carboxylic acids is 1. The van der Waals surface area contributed by atoms with Crippen molar-refractivity contribution in [3.05, 3.63) is 57.2 Å². The van der Waals surface area contributed by atoms with Crippen LogP contribution >= 0.6 is 11.8 Å². The maximum Gasteiger partial charge on any atom is 0.328 e. The van der Waals surface area contributed by atoms with Crippen molar-refractivity contribution in [2.75, 3.05) is 24.3 Å². The van der Waals surface area contributed by atoms with Crippen LogP contribution in [0.2, 0.25) is 0 Å². The SMILES string of the molecule is O=C(CSc1nnc(Cn2ccc(=O)[nH]c2=O)o1)Nc1ccc2c(c1)OCCO2. The van der Waals surface area contributed by atoms with Crippen LogP contribution < -0.4 is 26.0 Å². The number of nitrogens with one attached hydrogen (secondary N) is 2. The molecule has 1 aliphatic heterocycles. The molecule has 1 aliphatic rings. The minimum absolute atomic E-state index is 0.00651. The summed E-state index contributed by atoms with van der Waals surface area (Å²) in [6.45, 7) is 0.968. The number of hydrogen-bond acceptors (Lipinski definition) is 9. The lowest BCUT2D eigenvalue weighted by Gasteiger charge is -2.18. The first-order chi connectivity index (χ1) is 14.1. The molecular weight excluding hydrogens is 402 g/mol. The number of H-pyrrole nitrogens is 1. The highest BCUT2D eigenvalue weighted by Crippen LogP contribution is 2.32. The van der Waals surface area contributed by atoms with Crippen LogP contribution in [0.15, 0.2) is 49.7 Å². The molecule has 0 saturated heterocycles. The topological polar surface area (TPSA) is 141 Å². The van der Waals surface area contributed by atoms with E-state index >= 15 is 0 Å². The molecule has 0 radical (unpaired) electrons. The second kappa shape index (κ2) is 8.22. The molecule has 1 aromatic carbocycles. The number of hydrogen-bond donors (Lipinski definition) is 2. The van der Waals surface area contributed by atoms with Crippen LogP contribution in [0.5, 0.6) is 11.5 Å². The fourth-order valence-corrected chi connectivity index (χ4v) is 3.10. The Bertz CT molecular complexity index is 1150. The molecule has 2 aromatic heterocycles. The lowest BCUT2D eigenvalue weighted by atomic mass is 10.2. The Hall–Kier alpha value is -3.54. The third-order valence-electron chi connectivity index (χ3n) is 3.80.